The number of unbranched alkanes of at least 4 members (excludes halogenated alkanes) is 1. The molecule has 5 heteroatoms. The highest BCUT2D eigenvalue weighted by Gasteiger charge is 2.35. The molecule has 0 aromatic carbocycles. The second-order valence-corrected chi connectivity index (χ2v) is 10.3. The minimum Gasteiger partial charge on any atom is -0.511 e. The summed E-state index contributed by atoms with van der Waals surface area (Å²) in [5, 5.41) is 10.5. The molecule has 0 bridgehead atoms. The predicted octanol–water partition coefficient (Wildman–Crippen LogP) is 5.85. The molecule has 182 valence electrons. The molecule has 2 atom stereocenters. The number of hydrogen-bond donors (Lipinski definition) is 1. The summed E-state index contributed by atoms with van der Waals surface area (Å²) in [4.78, 5) is 11.9. The Labute approximate surface area is 204 Å². The van der Waals surface area contributed by atoms with E-state index in [0.717, 1.165) is 63.1 Å². The van der Waals surface area contributed by atoms with E-state index in [-0.39, 0.29) is 17.9 Å². The van der Waals surface area contributed by atoms with Gasteiger partial charge >= 0.3 is 0 Å². The number of ether oxygens (including phenoxy) is 1. The molecule has 2 aromatic rings. The average molecular weight is 462 g/mol. The van der Waals surface area contributed by atoms with Crippen LogP contribution in [0, 0.1) is 0 Å². The maximum absolute atomic E-state index is 10.5. The number of rotatable bonds is 10. The van der Waals surface area contributed by atoms with Crippen molar-refractivity contribution in [2.75, 3.05) is 19.7 Å². The molecular weight excluding hydrogens is 422 g/mol. The molecule has 34 heavy (non-hydrogen) atoms. The first kappa shape index (κ1) is 23.5. The van der Waals surface area contributed by atoms with Crippen LogP contribution in [0.3, 0.4) is 0 Å². The third-order valence-electron chi connectivity index (χ3n) is 7.93. The van der Waals surface area contributed by atoms with Crippen LogP contribution in [-0.4, -0.2) is 45.8 Å². The SMILES string of the molecule is C=C(O)[C@@H](c1cccnc1C1CCC1)N1CC[C@@H](OCCCCc2ccc3c(n2)CCCC3)C1. The van der Waals surface area contributed by atoms with Crippen molar-refractivity contribution in [2.45, 2.75) is 88.7 Å². The minimum absolute atomic E-state index is 0.187. The van der Waals surface area contributed by atoms with Crippen LogP contribution in [0.1, 0.15) is 91.5 Å². The Morgan fingerprint density at radius 1 is 1.12 bits per heavy atom. The van der Waals surface area contributed by atoms with Gasteiger partial charge in [-0.25, -0.2) is 0 Å². The first-order valence-electron chi connectivity index (χ1n) is 13.3. The highest BCUT2D eigenvalue weighted by atomic mass is 16.5. The Balaban J connectivity index is 1.09. The first-order valence-corrected chi connectivity index (χ1v) is 13.3. The molecule has 5 rings (SSSR count). The van der Waals surface area contributed by atoms with E-state index in [2.05, 4.69) is 29.7 Å². The lowest BCUT2D eigenvalue weighted by Gasteiger charge is -2.32. The van der Waals surface area contributed by atoms with Crippen molar-refractivity contribution in [1.29, 1.82) is 0 Å². The fraction of sp³-hybridized carbons (Fsp3) is 0.586. The fourth-order valence-electron chi connectivity index (χ4n) is 5.82. The van der Waals surface area contributed by atoms with Gasteiger partial charge in [-0.1, -0.05) is 25.1 Å². The number of aliphatic hydroxyl groups excluding tert-OH is 1. The van der Waals surface area contributed by atoms with Gasteiger partial charge in [0.1, 0.15) is 5.76 Å². The molecule has 2 fully saturated rings. The van der Waals surface area contributed by atoms with Crippen LogP contribution in [0.5, 0.6) is 0 Å². The topological polar surface area (TPSA) is 58.5 Å². The monoisotopic (exact) mass is 461 g/mol. The van der Waals surface area contributed by atoms with Crippen LogP contribution in [0.25, 0.3) is 0 Å². The van der Waals surface area contributed by atoms with Crippen molar-refractivity contribution in [3.05, 3.63) is 71.0 Å². The first-order chi connectivity index (χ1) is 16.7. The van der Waals surface area contributed by atoms with Gasteiger partial charge in [0.05, 0.1) is 12.1 Å². The van der Waals surface area contributed by atoms with Crippen molar-refractivity contribution < 1.29 is 9.84 Å². The number of pyridine rings is 2. The molecule has 1 saturated heterocycles. The standard InChI is InChI=1S/C29H39N3O2/c1-21(33)29(26-12-7-17-30-28(26)23-9-6-10-23)32-18-16-25(20-32)34-19-5-4-11-24-15-14-22-8-2-3-13-27(22)31-24/h7,12,14-15,17,23,25,29,33H,1-6,8-11,13,16,18-20H2/t25-,29+/m1/s1. The van der Waals surface area contributed by atoms with Crippen molar-refractivity contribution in [2.24, 2.45) is 0 Å². The van der Waals surface area contributed by atoms with Gasteiger partial charge in [0.25, 0.3) is 0 Å². The zero-order chi connectivity index (χ0) is 23.3. The lowest BCUT2D eigenvalue weighted by molar-refractivity contribution is 0.0523. The molecule has 0 radical (unpaired) electrons. The van der Waals surface area contributed by atoms with E-state index in [4.69, 9.17) is 14.7 Å². The number of aryl methyl sites for hydroxylation is 3. The summed E-state index contributed by atoms with van der Waals surface area (Å²) < 4.78 is 6.25. The zero-order valence-corrected chi connectivity index (χ0v) is 20.4. The Kier molecular flexibility index (Phi) is 7.60. The van der Waals surface area contributed by atoms with E-state index < -0.39 is 0 Å². The van der Waals surface area contributed by atoms with Gasteiger partial charge < -0.3 is 9.84 Å². The number of hydrogen-bond acceptors (Lipinski definition) is 5. The van der Waals surface area contributed by atoms with Crippen molar-refractivity contribution >= 4 is 0 Å². The highest BCUT2D eigenvalue weighted by Crippen LogP contribution is 2.41. The van der Waals surface area contributed by atoms with Crippen molar-refractivity contribution in [1.82, 2.24) is 14.9 Å². The zero-order valence-electron chi connectivity index (χ0n) is 20.4. The van der Waals surface area contributed by atoms with E-state index in [1.807, 2.05) is 12.3 Å². The Bertz CT molecular complexity index is 987. The molecule has 0 spiro atoms. The second kappa shape index (κ2) is 11.0. The third kappa shape index (κ3) is 5.36. The van der Waals surface area contributed by atoms with E-state index in [1.165, 1.54) is 55.5 Å². The summed E-state index contributed by atoms with van der Waals surface area (Å²) in [5.41, 5.74) is 6.29. The normalized spacial score (nSPS) is 21.7. The predicted molar refractivity (Wildman–Crippen MR) is 135 cm³/mol. The van der Waals surface area contributed by atoms with Crippen LogP contribution in [0.15, 0.2) is 42.8 Å². The molecular formula is C29H39N3O2. The van der Waals surface area contributed by atoms with Crippen LogP contribution >= 0.6 is 0 Å². The van der Waals surface area contributed by atoms with E-state index in [9.17, 15) is 5.11 Å². The molecule has 1 saturated carbocycles. The molecule has 2 aromatic heterocycles. The second-order valence-electron chi connectivity index (χ2n) is 10.3. The summed E-state index contributed by atoms with van der Waals surface area (Å²) in [6, 6.07) is 8.43. The number of aromatic nitrogens is 2. The number of likely N-dealkylation sites (tertiary alicyclic amines) is 1. The number of aliphatic hydroxyl groups is 1. The number of fused-ring (bicyclic) bond motifs is 1. The fourth-order valence-corrected chi connectivity index (χ4v) is 5.82. The van der Waals surface area contributed by atoms with Gasteiger partial charge in [0.2, 0.25) is 0 Å². The van der Waals surface area contributed by atoms with E-state index in [0.29, 0.717) is 5.92 Å². The third-order valence-corrected chi connectivity index (χ3v) is 7.93. The lowest BCUT2D eigenvalue weighted by atomic mass is 9.79. The summed E-state index contributed by atoms with van der Waals surface area (Å²) in [7, 11) is 0. The molecule has 0 amide bonds. The number of nitrogens with zero attached hydrogens (tertiary/aromatic N) is 3. The minimum atomic E-state index is -0.187. The summed E-state index contributed by atoms with van der Waals surface area (Å²) in [5.74, 6) is 0.740. The Morgan fingerprint density at radius 3 is 2.82 bits per heavy atom. The molecule has 1 aliphatic heterocycles. The molecule has 0 unspecified atom stereocenters. The van der Waals surface area contributed by atoms with Gasteiger partial charge in [-0.05, 0) is 87.5 Å². The largest absolute Gasteiger partial charge is 0.511 e. The van der Waals surface area contributed by atoms with Crippen LogP contribution in [-0.2, 0) is 24.0 Å². The summed E-state index contributed by atoms with van der Waals surface area (Å²) >= 11 is 0. The quantitative estimate of drug-likeness (QED) is 0.355. The summed E-state index contributed by atoms with van der Waals surface area (Å²) in [6.07, 6.45) is 14.9. The Hall–Kier alpha value is -2.24. The van der Waals surface area contributed by atoms with E-state index in [1.54, 1.807) is 0 Å². The van der Waals surface area contributed by atoms with Gasteiger partial charge in [-0.15, -0.1) is 0 Å². The molecule has 3 aliphatic rings. The maximum Gasteiger partial charge on any atom is 0.107 e. The van der Waals surface area contributed by atoms with Crippen LogP contribution in [0.2, 0.25) is 0 Å². The smallest absolute Gasteiger partial charge is 0.107 e. The van der Waals surface area contributed by atoms with Crippen LogP contribution in [0.4, 0.5) is 0 Å². The summed E-state index contributed by atoms with van der Waals surface area (Å²) in [6.45, 7) is 6.45. The van der Waals surface area contributed by atoms with E-state index >= 15 is 0 Å². The maximum atomic E-state index is 10.5. The van der Waals surface area contributed by atoms with Gasteiger partial charge in [0, 0.05) is 48.9 Å². The molecule has 1 N–H and O–H groups in total. The average Bonchev–Trinajstić information content (AvgIpc) is 3.27. The van der Waals surface area contributed by atoms with Gasteiger partial charge in [-0.3, -0.25) is 14.9 Å². The Morgan fingerprint density at radius 2 is 2.00 bits per heavy atom. The highest BCUT2D eigenvalue weighted by molar-refractivity contribution is 5.32. The lowest BCUT2D eigenvalue weighted by Crippen LogP contribution is -2.31. The van der Waals surface area contributed by atoms with Gasteiger partial charge in [0.15, 0.2) is 0 Å². The van der Waals surface area contributed by atoms with Gasteiger partial charge in [-0.2, -0.15) is 0 Å². The molecule has 3 heterocycles. The van der Waals surface area contributed by atoms with Crippen molar-refractivity contribution in [3.63, 3.8) is 0 Å². The van der Waals surface area contributed by atoms with Crippen LogP contribution < -0.4 is 0 Å². The van der Waals surface area contributed by atoms with Crippen molar-refractivity contribution in [3.8, 4) is 0 Å². The molecule has 2 aliphatic carbocycles. The molecule has 5 nitrogen and oxygen atoms in total.